The number of rotatable bonds is 4. The molecule has 0 fully saturated rings. The summed E-state index contributed by atoms with van der Waals surface area (Å²) in [5.74, 6) is 0.474. The average Bonchev–Trinajstić information content (AvgIpc) is 2.37. The van der Waals surface area contributed by atoms with Crippen molar-refractivity contribution in [3.05, 3.63) is 53.1 Å². The fourth-order valence-electron chi connectivity index (χ4n) is 1.65. The molecule has 2 N–H and O–H groups in total. The lowest BCUT2D eigenvalue weighted by Gasteiger charge is -2.09. The van der Waals surface area contributed by atoms with E-state index in [1.807, 2.05) is 0 Å². The summed E-state index contributed by atoms with van der Waals surface area (Å²) in [5, 5.41) is 0.560. The topological polar surface area (TPSA) is 69.4 Å². The molecule has 4 nitrogen and oxygen atoms in total. The normalized spacial score (nSPS) is 11.3. The molecule has 0 amide bonds. The zero-order valence-corrected chi connectivity index (χ0v) is 12.4. The Morgan fingerprint density at radius 2 is 1.95 bits per heavy atom. The summed E-state index contributed by atoms with van der Waals surface area (Å²) in [6, 6.07) is 11.5. The summed E-state index contributed by atoms with van der Waals surface area (Å²) in [4.78, 5) is 0.221. The molecule has 0 heterocycles. The quantitative estimate of drug-likeness (QED) is 0.881. The van der Waals surface area contributed by atoms with Gasteiger partial charge in [0.2, 0.25) is 0 Å². The Bertz CT molecular complexity index is 729. The van der Waals surface area contributed by atoms with Crippen molar-refractivity contribution in [3.63, 3.8) is 0 Å². The Morgan fingerprint density at radius 1 is 1.20 bits per heavy atom. The van der Waals surface area contributed by atoms with Crippen LogP contribution in [0.3, 0.4) is 0 Å². The first-order valence-electron chi connectivity index (χ1n) is 5.83. The fourth-order valence-corrected chi connectivity index (χ4v) is 2.49. The number of nitrogen functional groups attached to an aromatic ring is 1. The lowest BCUT2D eigenvalue weighted by Crippen LogP contribution is -2.01. The van der Waals surface area contributed by atoms with E-state index in [9.17, 15) is 8.42 Å². The van der Waals surface area contributed by atoms with Gasteiger partial charge in [-0.05, 0) is 30.3 Å². The zero-order valence-electron chi connectivity index (χ0n) is 10.8. The highest BCUT2D eigenvalue weighted by Gasteiger charge is 2.08. The molecule has 20 heavy (non-hydrogen) atoms. The number of hydrogen-bond donors (Lipinski definition) is 1. The molecule has 106 valence electrons. The van der Waals surface area contributed by atoms with Crippen LogP contribution in [-0.4, -0.2) is 14.7 Å². The molecule has 0 aliphatic heterocycles. The van der Waals surface area contributed by atoms with Gasteiger partial charge >= 0.3 is 0 Å². The van der Waals surface area contributed by atoms with E-state index in [0.717, 1.165) is 11.8 Å². The monoisotopic (exact) mass is 311 g/mol. The van der Waals surface area contributed by atoms with Gasteiger partial charge in [0.25, 0.3) is 0 Å². The van der Waals surface area contributed by atoms with Crippen LogP contribution in [0.25, 0.3) is 0 Å². The second kappa shape index (κ2) is 5.73. The molecule has 0 unspecified atom stereocenters. The smallest absolute Gasteiger partial charge is 0.175 e. The SMILES string of the molecule is CS(=O)(=O)c1cccc(OCc2ccc(Cl)cc2N)c1. The summed E-state index contributed by atoms with van der Waals surface area (Å²) in [7, 11) is -3.24. The molecule has 0 aliphatic carbocycles. The van der Waals surface area contributed by atoms with Crippen LogP contribution in [0.15, 0.2) is 47.4 Å². The maximum atomic E-state index is 11.5. The Balaban J connectivity index is 2.15. The molecule has 0 aliphatic rings. The maximum absolute atomic E-state index is 11.5. The Kier molecular flexibility index (Phi) is 4.20. The van der Waals surface area contributed by atoms with Gasteiger partial charge in [0.15, 0.2) is 9.84 Å². The Morgan fingerprint density at radius 3 is 2.60 bits per heavy atom. The minimum absolute atomic E-state index is 0.221. The number of hydrogen-bond acceptors (Lipinski definition) is 4. The highest BCUT2D eigenvalue weighted by atomic mass is 35.5. The van der Waals surface area contributed by atoms with Crippen LogP contribution in [0, 0.1) is 0 Å². The molecule has 0 saturated heterocycles. The van der Waals surface area contributed by atoms with Crippen molar-refractivity contribution in [3.8, 4) is 5.75 Å². The van der Waals surface area contributed by atoms with Gasteiger partial charge in [0, 0.05) is 22.5 Å². The van der Waals surface area contributed by atoms with E-state index in [1.54, 1.807) is 30.3 Å². The van der Waals surface area contributed by atoms with Crippen LogP contribution >= 0.6 is 11.6 Å². The molecule has 6 heteroatoms. The molecule has 2 aromatic carbocycles. The third-order valence-electron chi connectivity index (χ3n) is 2.74. The third-order valence-corrected chi connectivity index (χ3v) is 4.08. The number of nitrogens with two attached hydrogens (primary N) is 1. The van der Waals surface area contributed by atoms with E-state index in [1.165, 1.54) is 12.1 Å². The second-order valence-electron chi connectivity index (χ2n) is 4.38. The molecule has 0 atom stereocenters. The molecule has 0 bridgehead atoms. The van der Waals surface area contributed by atoms with Crippen molar-refractivity contribution in [2.75, 3.05) is 12.0 Å². The van der Waals surface area contributed by atoms with Gasteiger partial charge in [-0.15, -0.1) is 0 Å². The first-order valence-corrected chi connectivity index (χ1v) is 8.10. The van der Waals surface area contributed by atoms with Gasteiger partial charge in [0.05, 0.1) is 4.90 Å². The number of benzene rings is 2. The van der Waals surface area contributed by atoms with Crippen LogP contribution in [0.2, 0.25) is 5.02 Å². The lowest BCUT2D eigenvalue weighted by molar-refractivity contribution is 0.306. The minimum Gasteiger partial charge on any atom is -0.489 e. The minimum atomic E-state index is -3.24. The van der Waals surface area contributed by atoms with E-state index >= 15 is 0 Å². The summed E-state index contributed by atoms with van der Waals surface area (Å²) >= 11 is 5.82. The van der Waals surface area contributed by atoms with Gasteiger partial charge < -0.3 is 10.5 Å². The standard InChI is InChI=1S/C14H14ClNO3S/c1-20(17,18)13-4-2-3-12(8-13)19-9-10-5-6-11(15)7-14(10)16/h2-8H,9,16H2,1H3. The predicted octanol–water partition coefficient (Wildman–Crippen LogP) is 2.90. The molecule has 0 radical (unpaired) electrons. The van der Waals surface area contributed by atoms with E-state index in [0.29, 0.717) is 16.5 Å². The van der Waals surface area contributed by atoms with E-state index in [2.05, 4.69) is 0 Å². The van der Waals surface area contributed by atoms with Crippen molar-refractivity contribution in [2.24, 2.45) is 0 Å². The van der Waals surface area contributed by atoms with E-state index in [-0.39, 0.29) is 11.5 Å². The van der Waals surface area contributed by atoms with E-state index < -0.39 is 9.84 Å². The van der Waals surface area contributed by atoms with Crippen LogP contribution in [-0.2, 0) is 16.4 Å². The zero-order chi connectivity index (χ0) is 14.8. The summed E-state index contributed by atoms with van der Waals surface area (Å²) in [5.41, 5.74) is 7.15. The molecule has 0 aromatic heterocycles. The highest BCUT2D eigenvalue weighted by molar-refractivity contribution is 7.90. The predicted molar refractivity (Wildman–Crippen MR) is 79.7 cm³/mol. The fraction of sp³-hybridized carbons (Fsp3) is 0.143. The Hall–Kier alpha value is -1.72. The second-order valence-corrected chi connectivity index (χ2v) is 6.83. The number of ether oxygens (including phenoxy) is 1. The van der Waals surface area contributed by atoms with Crippen molar-refractivity contribution in [1.29, 1.82) is 0 Å². The van der Waals surface area contributed by atoms with Crippen LogP contribution in [0.4, 0.5) is 5.69 Å². The van der Waals surface area contributed by atoms with Gasteiger partial charge in [-0.25, -0.2) is 8.42 Å². The van der Waals surface area contributed by atoms with E-state index in [4.69, 9.17) is 22.1 Å². The van der Waals surface area contributed by atoms with Crippen molar-refractivity contribution in [1.82, 2.24) is 0 Å². The third kappa shape index (κ3) is 3.65. The van der Waals surface area contributed by atoms with Gasteiger partial charge in [-0.1, -0.05) is 23.7 Å². The molecule has 2 rings (SSSR count). The molecule has 2 aromatic rings. The van der Waals surface area contributed by atoms with Crippen LogP contribution in [0.1, 0.15) is 5.56 Å². The number of sulfone groups is 1. The Labute approximate surface area is 123 Å². The molecular weight excluding hydrogens is 298 g/mol. The van der Waals surface area contributed by atoms with Gasteiger partial charge in [-0.3, -0.25) is 0 Å². The molecular formula is C14H14ClNO3S. The van der Waals surface area contributed by atoms with Crippen LogP contribution in [0.5, 0.6) is 5.75 Å². The first kappa shape index (κ1) is 14.7. The van der Waals surface area contributed by atoms with Gasteiger partial charge in [-0.2, -0.15) is 0 Å². The summed E-state index contributed by atoms with van der Waals surface area (Å²) in [6.45, 7) is 0.246. The summed E-state index contributed by atoms with van der Waals surface area (Å²) in [6.07, 6.45) is 1.16. The van der Waals surface area contributed by atoms with Gasteiger partial charge in [0.1, 0.15) is 12.4 Å². The van der Waals surface area contributed by atoms with Crippen molar-refractivity contribution < 1.29 is 13.2 Å². The van der Waals surface area contributed by atoms with Crippen molar-refractivity contribution in [2.45, 2.75) is 11.5 Å². The van der Waals surface area contributed by atoms with Crippen LogP contribution < -0.4 is 10.5 Å². The number of anilines is 1. The molecule has 0 saturated carbocycles. The average molecular weight is 312 g/mol. The number of halogens is 1. The maximum Gasteiger partial charge on any atom is 0.175 e. The molecule has 0 spiro atoms. The summed E-state index contributed by atoms with van der Waals surface area (Å²) < 4.78 is 28.5. The first-order chi connectivity index (χ1) is 9.36. The highest BCUT2D eigenvalue weighted by Crippen LogP contribution is 2.22. The van der Waals surface area contributed by atoms with Crippen molar-refractivity contribution >= 4 is 27.1 Å². The lowest BCUT2D eigenvalue weighted by atomic mass is 10.2. The largest absolute Gasteiger partial charge is 0.489 e.